The highest BCUT2D eigenvalue weighted by molar-refractivity contribution is 7.93. The predicted molar refractivity (Wildman–Crippen MR) is 163 cm³/mol. The Bertz CT molecular complexity index is 1380. The van der Waals surface area contributed by atoms with Gasteiger partial charge in [0.1, 0.15) is 5.01 Å². The fourth-order valence-electron chi connectivity index (χ4n) is 4.00. The first-order chi connectivity index (χ1) is 19.3. The van der Waals surface area contributed by atoms with Crippen LogP contribution in [0.15, 0.2) is 89.8 Å². The number of rotatable bonds is 11. The molecule has 0 atom stereocenters. The lowest BCUT2D eigenvalue weighted by Crippen LogP contribution is -2.22. The average molecular weight is 580 g/mol. The Morgan fingerprint density at radius 2 is 1.32 bits per heavy atom. The molecule has 4 aromatic rings. The van der Waals surface area contributed by atoms with Crippen LogP contribution in [0.4, 0.5) is 10.8 Å². The third-order valence-corrected chi connectivity index (χ3v) is 8.76. The van der Waals surface area contributed by atoms with Gasteiger partial charge in [-0.1, -0.05) is 99.7 Å². The fourth-order valence-corrected chi connectivity index (χ4v) is 5.91. The molecule has 1 heterocycles. The van der Waals surface area contributed by atoms with Crippen molar-refractivity contribution in [3.8, 4) is 0 Å². The van der Waals surface area contributed by atoms with Crippen LogP contribution in [0.25, 0.3) is 0 Å². The molecule has 0 radical (unpaired) electrons. The lowest BCUT2D eigenvalue weighted by Gasteiger charge is -2.18. The average Bonchev–Trinajstić information content (AvgIpc) is 3.43. The molecule has 0 spiro atoms. The summed E-state index contributed by atoms with van der Waals surface area (Å²) in [4.78, 5) is 15.7. The number of aryl methyl sites for hydroxylation is 1. The quantitative estimate of drug-likeness (QED) is 0.225. The maximum Gasteiger partial charge on any atom is 0.263 e. The number of nitrogens with zero attached hydrogens (tertiary/aromatic N) is 3. The van der Waals surface area contributed by atoms with E-state index in [0.717, 1.165) is 16.1 Å². The smallest absolute Gasteiger partial charge is 0.263 e. The molecular weight excluding hydrogens is 542 g/mol. The van der Waals surface area contributed by atoms with Gasteiger partial charge in [0.25, 0.3) is 10.0 Å². The summed E-state index contributed by atoms with van der Waals surface area (Å²) < 4.78 is 27.7. The first kappa shape index (κ1) is 30.9. The summed E-state index contributed by atoms with van der Waals surface area (Å²) in [6.07, 6.45) is 0.681. The number of hydrogen-bond acceptors (Lipinski definition) is 7. The molecule has 1 aromatic heterocycles. The highest BCUT2D eigenvalue weighted by Crippen LogP contribution is 2.27. The van der Waals surface area contributed by atoms with Crippen molar-refractivity contribution in [2.75, 3.05) is 29.7 Å². The minimum atomic E-state index is -3.81. The molecule has 0 bridgehead atoms. The molecule has 3 aromatic carbocycles. The van der Waals surface area contributed by atoms with Gasteiger partial charge in [-0.3, -0.25) is 9.52 Å². The Kier molecular flexibility index (Phi) is 11.8. The van der Waals surface area contributed by atoms with Crippen molar-refractivity contribution in [2.45, 2.75) is 44.9 Å². The summed E-state index contributed by atoms with van der Waals surface area (Å²) >= 11 is 1.20. The van der Waals surface area contributed by atoms with Gasteiger partial charge in [0, 0.05) is 5.69 Å². The molecular formula is C30H37N5O3S2. The number of sulfonamides is 1. The Hall–Kier alpha value is -3.60. The number of anilines is 2. The number of hydrogen-bond donors (Lipinski definition) is 2. The van der Waals surface area contributed by atoms with Gasteiger partial charge in [0.05, 0.1) is 10.8 Å². The van der Waals surface area contributed by atoms with Crippen molar-refractivity contribution in [3.63, 3.8) is 0 Å². The van der Waals surface area contributed by atoms with Gasteiger partial charge < -0.3 is 10.2 Å². The van der Waals surface area contributed by atoms with E-state index in [1.54, 1.807) is 12.1 Å². The van der Waals surface area contributed by atoms with Crippen LogP contribution < -0.4 is 10.0 Å². The lowest BCUT2D eigenvalue weighted by molar-refractivity contribution is -0.116. The first-order valence-corrected chi connectivity index (χ1v) is 15.7. The second-order valence-corrected chi connectivity index (χ2v) is 11.6. The van der Waals surface area contributed by atoms with Crippen LogP contribution in [-0.4, -0.2) is 49.1 Å². The number of nitrogens with one attached hydrogen (secondary N) is 2. The van der Waals surface area contributed by atoms with Gasteiger partial charge in [-0.05, 0) is 61.4 Å². The molecule has 2 N–H and O–H groups in total. The topological polar surface area (TPSA) is 104 Å². The Labute approximate surface area is 241 Å². The van der Waals surface area contributed by atoms with Crippen molar-refractivity contribution in [3.05, 3.63) is 101 Å². The van der Waals surface area contributed by atoms with Gasteiger partial charge in [-0.2, -0.15) is 0 Å². The van der Waals surface area contributed by atoms with E-state index in [1.165, 1.54) is 43.1 Å². The zero-order valence-electron chi connectivity index (χ0n) is 23.4. The van der Waals surface area contributed by atoms with Crippen molar-refractivity contribution in [1.29, 1.82) is 0 Å². The standard InChI is InChI=1S/C24H22N4O3S2.C6H15N/c1-2-21-26-27-24(32-21)28-33(30,31)20-15-13-19(14-16-20)25-23(29)22(17-9-5-3-6-10-17)18-11-7-4-8-12-18;1-4-7(5-2)6-3/h3-16,22H,2H2,1H3,(H,25,29)(H,27,28);4-6H2,1-3H3. The summed E-state index contributed by atoms with van der Waals surface area (Å²) in [5.41, 5.74) is 2.24. The van der Waals surface area contributed by atoms with Crippen LogP contribution in [0.2, 0.25) is 0 Å². The van der Waals surface area contributed by atoms with E-state index >= 15 is 0 Å². The molecule has 4 rings (SSSR count). The van der Waals surface area contributed by atoms with Gasteiger partial charge in [-0.15, -0.1) is 10.2 Å². The first-order valence-electron chi connectivity index (χ1n) is 13.4. The predicted octanol–water partition coefficient (Wildman–Crippen LogP) is 6.02. The molecule has 0 saturated heterocycles. The lowest BCUT2D eigenvalue weighted by atomic mass is 9.90. The van der Waals surface area contributed by atoms with Crippen molar-refractivity contribution >= 4 is 38.1 Å². The highest BCUT2D eigenvalue weighted by atomic mass is 32.2. The molecule has 0 aliphatic heterocycles. The van der Waals surface area contributed by atoms with Crippen LogP contribution >= 0.6 is 11.3 Å². The monoisotopic (exact) mass is 579 g/mol. The van der Waals surface area contributed by atoms with E-state index in [4.69, 9.17) is 0 Å². The number of carbonyl (C=O) groups excluding carboxylic acids is 1. The molecule has 40 heavy (non-hydrogen) atoms. The number of benzene rings is 3. The van der Waals surface area contributed by atoms with E-state index in [2.05, 4.69) is 45.9 Å². The molecule has 0 fully saturated rings. The van der Waals surface area contributed by atoms with E-state index in [-0.39, 0.29) is 15.9 Å². The van der Waals surface area contributed by atoms with Gasteiger partial charge >= 0.3 is 0 Å². The van der Waals surface area contributed by atoms with Crippen LogP contribution in [0.1, 0.15) is 49.7 Å². The van der Waals surface area contributed by atoms with Crippen LogP contribution in [0.5, 0.6) is 0 Å². The van der Waals surface area contributed by atoms with Gasteiger partial charge in [-0.25, -0.2) is 8.42 Å². The van der Waals surface area contributed by atoms with Crippen LogP contribution in [-0.2, 0) is 21.2 Å². The van der Waals surface area contributed by atoms with Crippen molar-refractivity contribution in [2.24, 2.45) is 0 Å². The van der Waals surface area contributed by atoms with E-state index in [1.807, 2.05) is 67.6 Å². The molecule has 212 valence electrons. The maximum atomic E-state index is 13.2. The zero-order chi connectivity index (χ0) is 29.0. The minimum absolute atomic E-state index is 0.0661. The van der Waals surface area contributed by atoms with Crippen LogP contribution in [0.3, 0.4) is 0 Å². The molecule has 8 nitrogen and oxygen atoms in total. The van der Waals surface area contributed by atoms with Crippen molar-refractivity contribution < 1.29 is 13.2 Å². The fraction of sp³-hybridized carbons (Fsp3) is 0.300. The highest BCUT2D eigenvalue weighted by Gasteiger charge is 2.23. The Morgan fingerprint density at radius 3 is 1.75 bits per heavy atom. The summed E-state index contributed by atoms with van der Waals surface area (Å²) in [6, 6.07) is 25.1. The van der Waals surface area contributed by atoms with E-state index in [0.29, 0.717) is 12.1 Å². The van der Waals surface area contributed by atoms with E-state index < -0.39 is 15.9 Å². The third-order valence-electron chi connectivity index (χ3n) is 6.29. The van der Waals surface area contributed by atoms with Gasteiger partial charge in [0.15, 0.2) is 0 Å². The second kappa shape index (κ2) is 15.3. The largest absolute Gasteiger partial charge is 0.325 e. The maximum absolute atomic E-state index is 13.2. The Balaban J connectivity index is 0.000000559. The number of aromatic nitrogens is 2. The summed E-state index contributed by atoms with van der Waals surface area (Å²) in [5, 5.41) is 11.6. The summed E-state index contributed by atoms with van der Waals surface area (Å²) in [5.74, 6) is -0.704. The minimum Gasteiger partial charge on any atom is -0.325 e. The normalized spacial score (nSPS) is 11.2. The number of amides is 1. The molecule has 0 saturated carbocycles. The van der Waals surface area contributed by atoms with Crippen molar-refractivity contribution in [1.82, 2.24) is 15.1 Å². The third kappa shape index (κ3) is 8.70. The molecule has 0 aliphatic carbocycles. The molecule has 0 unspecified atom stereocenters. The molecule has 1 amide bonds. The van der Waals surface area contributed by atoms with E-state index in [9.17, 15) is 13.2 Å². The SMILES string of the molecule is CCN(CC)CC.CCc1nnc(NS(=O)(=O)c2ccc(NC(=O)C(c3ccccc3)c3ccccc3)cc2)s1. The summed E-state index contributed by atoms with van der Waals surface area (Å²) in [7, 11) is -3.81. The zero-order valence-corrected chi connectivity index (χ0v) is 25.0. The number of carbonyl (C=O) groups is 1. The summed E-state index contributed by atoms with van der Waals surface area (Å²) in [6.45, 7) is 12.0. The van der Waals surface area contributed by atoms with Gasteiger partial charge in [0.2, 0.25) is 11.0 Å². The Morgan fingerprint density at radius 1 is 0.800 bits per heavy atom. The molecule has 10 heteroatoms. The molecule has 0 aliphatic rings. The van der Waals surface area contributed by atoms with Crippen LogP contribution in [0, 0.1) is 0 Å². The second-order valence-electron chi connectivity index (χ2n) is 8.85.